The second kappa shape index (κ2) is 8.49. The van der Waals surface area contributed by atoms with Crippen LogP contribution >= 0.6 is 23.4 Å². The smallest absolute Gasteiger partial charge is 0.285 e. The maximum atomic E-state index is 12.4. The molecule has 2 atom stereocenters. The van der Waals surface area contributed by atoms with Crippen LogP contribution in [0.15, 0.2) is 53.5 Å². The van der Waals surface area contributed by atoms with E-state index >= 15 is 0 Å². The van der Waals surface area contributed by atoms with Crippen molar-refractivity contribution >= 4 is 50.0 Å². The second-order valence-corrected chi connectivity index (χ2v) is 10.6. The highest BCUT2D eigenvalue weighted by molar-refractivity contribution is 8.16. The molecule has 0 N–H and O–H groups in total. The Morgan fingerprint density at radius 2 is 2.00 bits per heavy atom. The van der Waals surface area contributed by atoms with Crippen LogP contribution in [-0.2, 0) is 14.6 Å². The van der Waals surface area contributed by atoms with E-state index in [1.165, 1.54) is 18.9 Å². The van der Waals surface area contributed by atoms with E-state index in [9.17, 15) is 13.2 Å². The molecule has 10 heteroatoms. The van der Waals surface area contributed by atoms with Gasteiger partial charge < -0.3 is 14.4 Å². The zero-order valence-corrected chi connectivity index (χ0v) is 18.4. The molecule has 0 saturated carbocycles. The van der Waals surface area contributed by atoms with Crippen LogP contribution in [0.3, 0.4) is 0 Å². The summed E-state index contributed by atoms with van der Waals surface area (Å²) in [4.78, 5) is 18.5. The summed E-state index contributed by atoms with van der Waals surface area (Å²) in [5.41, 5.74) is 0.661. The first-order chi connectivity index (χ1) is 14.4. The Labute approximate surface area is 183 Å². The number of para-hydroxylation sites is 1. The van der Waals surface area contributed by atoms with E-state index in [2.05, 4.69) is 4.99 Å². The van der Waals surface area contributed by atoms with Gasteiger partial charge >= 0.3 is 0 Å². The molecule has 2 saturated heterocycles. The van der Waals surface area contributed by atoms with Crippen LogP contribution in [0.25, 0.3) is 0 Å². The molecule has 0 aromatic heterocycles. The van der Waals surface area contributed by atoms with Crippen molar-refractivity contribution in [2.45, 2.75) is 11.3 Å². The van der Waals surface area contributed by atoms with E-state index in [0.29, 0.717) is 27.4 Å². The summed E-state index contributed by atoms with van der Waals surface area (Å²) >= 11 is 7.57. The third-order valence-corrected chi connectivity index (χ3v) is 8.31. The molecule has 0 spiro atoms. The Hall–Kier alpha value is -2.23. The monoisotopic (exact) mass is 466 g/mol. The summed E-state index contributed by atoms with van der Waals surface area (Å²) in [5, 5.41) is 0.641. The second-order valence-electron chi connectivity index (χ2n) is 6.88. The molecule has 4 rings (SSSR count). The molecule has 0 aliphatic carbocycles. The number of sulfone groups is 1. The van der Waals surface area contributed by atoms with E-state index in [0.717, 1.165) is 0 Å². The Balaban J connectivity index is 1.60. The summed E-state index contributed by atoms with van der Waals surface area (Å²) in [6.45, 7) is -0.209. The number of thioether (sulfide) groups is 1. The van der Waals surface area contributed by atoms with Crippen LogP contribution in [0.5, 0.6) is 11.5 Å². The van der Waals surface area contributed by atoms with Crippen LogP contribution in [0.1, 0.15) is 0 Å². The van der Waals surface area contributed by atoms with Gasteiger partial charge in [-0.15, -0.1) is 0 Å². The average molecular weight is 467 g/mol. The number of benzene rings is 2. The number of fused-ring (bicyclic) bond motifs is 1. The first-order valence-electron chi connectivity index (χ1n) is 9.15. The van der Waals surface area contributed by atoms with Gasteiger partial charge in [-0.05, 0) is 30.3 Å². The summed E-state index contributed by atoms with van der Waals surface area (Å²) in [6, 6.07) is 13.9. The topological polar surface area (TPSA) is 85.3 Å². The molecule has 0 bridgehead atoms. The largest absolute Gasteiger partial charge is 0.495 e. The quantitative estimate of drug-likeness (QED) is 0.669. The fraction of sp³-hybridized carbons (Fsp3) is 0.300. The van der Waals surface area contributed by atoms with Gasteiger partial charge in [-0.2, -0.15) is 4.99 Å². The van der Waals surface area contributed by atoms with Crippen molar-refractivity contribution in [3.05, 3.63) is 53.6 Å². The highest BCUT2D eigenvalue weighted by Gasteiger charge is 2.49. The molecule has 1 amide bonds. The minimum atomic E-state index is -3.15. The molecule has 0 radical (unpaired) electrons. The van der Waals surface area contributed by atoms with E-state index in [-0.39, 0.29) is 29.4 Å². The van der Waals surface area contributed by atoms with Gasteiger partial charge in [0.2, 0.25) is 0 Å². The molecule has 158 valence electrons. The number of aliphatic imine (C=N–C) groups is 1. The summed E-state index contributed by atoms with van der Waals surface area (Å²) < 4.78 is 35.0. The number of hydrogen-bond donors (Lipinski definition) is 0. The number of rotatable bonds is 5. The van der Waals surface area contributed by atoms with Gasteiger partial charge in [-0.3, -0.25) is 4.79 Å². The standard InChI is InChI=1S/C20H19ClN2O5S2/c1-27-17-8-7-13(9-15(17)21)23-16-11-30(25,26)12-18(16)29-20(23)22-19(24)10-28-14-5-3-2-4-6-14/h2-9,16,18H,10-12H2,1H3/t16-,18-/m0/s1. The molecule has 7 nitrogen and oxygen atoms in total. The summed E-state index contributed by atoms with van der Waals surface area (Å²) in [5.74, 6) is 0.688. The highest BCUT2D eigenvalue weighted by Crippen LogP contribution is 2.42. The number of anilines is 1. The maximum absolute atomic E-state index is 12.4. The highest BCUT2D eigenvalue weighted by atomic mass is 35.5. The number of carbonyl (C=O) groups is 1. The minimum Gasteiger partial charge on any atom is -0.495 e. The molecule has 2 aromatic carbocycles. The van der Waals surface area contributed by atoms with Gasteiger partial charge in [0.25, 0.3) is 5.91 Å². The van der Waals surface area contributed by atoms with Gasteiger partial charge in [0.05, 0.1) is 29.7 Å². The average Bonchev–Trinajstić information content (AvgIpc) is 3.17. The molecule has 30 heavy (non-hydrogen) atoms. The number of halogens is 1. The van der Waals surface area contributed by atoms with Crippen molar-refractivity contribution in [3.63, 3.8) is 0 Å². The van der Waals surface area contributed by atoms with Gasteiger partial charge in [-0.1, -0.05) is 41.6 Å². The Bertz CT molecular complexity index is 1090. The number of carbonyl (C=O) groups excluding carboxylic acids is 1. The third kappa shape index (κ3) is 4.43. The first kappa shape index (κ1) is 21.0. The van der Waals surface area contributed by atoms with Gasteiger partial charge in [0.15, 0.2) is 21.6 Å². The number of methoxy groups -OCH3 is 1. The fourth-order valence-corrected chi connectivity index (χ4v) is 7.66. The lowest BCUT2D eigenvalue weighted by molar-refractivity contribution is -0.119. The van der Waals surface area contributed by atoms with Crippen molar-refractivity contribution in [2.24, 2.45) is 4.99 Å². The van der Waals surface area contributed by atoms with Gasteiger partial charge in [-0.25, -0.2) is 8.42 Å². The van der Waals surface area contributed by atoms with Crippen molar-refractivity contribution in [3.8, 4) is 11.5 Å². The van der Waals surface area contributed by atoms with E-state index in [1.807, 2.05) is 18.2 Å². The molecule has 0 unspecified atom stereocenters. The van der Waals surface area contributed by atoms with Crippen molar-refractivity contribution in [1.82, 2.24) is 0 Å². The van der Waals surface area contributed by atoms with Crippen molar-refractivity contribution in [1.29, 1.82) is 0 Å². The lowest BCUT2D eigenvalue weighted by Crippen LogP contribution is -2.37. The molecule has 2 fully saturated rings. The van der Waals surface area contributed by atoms with Crippen LogP contribution in [0, 0.1) is 0 Å². The number of hydrogen-bond acceptors (Lipinski definition) is 6. The molecule has 2 aromatic rings. The van der Waals surface area contributed by atoms with E-state index in [1.54, 1.807) is 35.2 Å². The zero-order chi connectivity index (χ0) is 21.3. The van der Waals surface area contributed by atoms with E-state index < -0.39 is 15.7 Å². The zero-order valence-electron chi connectivity index (χ0n) is 16.0. The molecular formula is C20H19ClN2O5S2. The Morgan fingerprint density at radius 1 is 1.23 bits per heavy atom. The SMILES string of the molecule is COc1ccc(N2C(=NC(=O)COc3ccccc3)S[C@H]3CS(=O)(=O)C[C@@H]32)cc1Cl. The fourth-order valence-electron chi connectivity index (χ4n) is 3.47. The van der Waals surface area contributed by atoms with E-state index in [4.69, 9.17) is 21.1 Å². The van der Waals surface area contributed by atoms with Crippen LogP contribution in [0.4, 0.5) is 5.69 Å². The number of amidine groups is 1. The molecule has 2 aliphatic rings. The number of nitrogens with zero attached hydrogens (tertiary/aromatic N) is 2. The number of ether oxygens (including phenoxy) is 2. The first-order valence-corrected chi connectivity index (χ1v) is 12.2. The van der Waals surface area contributed by atoms with Crippen LogP contribution in [-0.4, -0.2) is 56.0 Å². The summed E-state index contributed by atoms with van der Waals surface area (Å²) in [6.07, 6.45) is 0. The molecule has 2 aliphatic heterocycles. The van der Waals surface area contributed by atoms with Gasteiger partial charge in [0.1, 0.15) is 11.5 Å². The normalized spacial score (nSPS) is 23.4. The Kier molecular flexibility index (Phi) is 5.95. The molecular weight excluding hydrogens is 448 g/mol. The molecule has 2 heterocycles. The maximum Gasteiger partial charge on any atom is 0.285 e. The van der Waals surface area contributed by atoms with Gasteiger partial charge in [0, 0.05) is 10.9 Å². The lowest BCUT2D eigenvalue weighted by atomic mass is 10.2. The van der Waals surface area contributed by atoms with Crippen molar-refractivity contribution < 1.29 is 22.7 Å². The lowest BCUT2D eigenvalue weighted by Gasteiger charge is -2.25. The predicted molar refractivity (Wildman–Crippen MR) is 119 cm³/mol. The predicted octanol–water partition coefficient (Wildman–Crippen LogP) is 3.03. The summed E-state index contributed by atoms with van der Waals surface area (Å²) in [7, 11) is -1.63. The van der Waals surface area contributed by atoms with Crippen LogP contribution in [0.2, 0.25) is 5.02 Å². The number of amides is 1. The minimum absolute atomic E-state index is 0.00202. The Morgan fingerprint density at radius 3 is 2.70 bits per heavy atom. The van der Waals surface area contributed by atoms with Crippen molar-refractivity contribution in [2.75, 3.05) is 30.1 Å². The van der Waals surface area contributed by atoms with Crippen LogP contribution < -0.4 is 14.4 Å². The third-order valence-electron chi connectivity index (χ3n) is 4.81.